The van der Waals surface area contributed by atoms with Gasteiger partial charge in [0.1, 0.15) is 11.8 Å². The number of carbonyl (C=O) groups is 2. The molecule has 37 heavy (non-hydrogen) atoms. The molecule has 1 atom stereocenters. The highest BCUT2D eigenvalue weighted by Crippen LogP contribution is 2.24. The zero-order valence-electron chi connectivity index (χ0n) is 21.7. The van der Waals surface area contributed by atoms with Gasteiger partial charge in [0, 0.05) is 23.9 Å². The number of nitrogens with one attached hydrogen (secondary N) is 1. The molecule has 1 aliphatic rings. The summed E-state index contributed by atoms with van der Waals surface area (Å²) in [4.78, 5) is 30.3. The van der Waals surface area contributed by atoms with Crippen molar-refractivity contribution in [2.45, 2.75) is 62.6 Å². The van der Waals surface area contributed by atoms with E-state index in [9.17, 15) is 9.59 Å². The third-order valence-corrected chi connectivity index (χ3v) is 7.84. The lowest BCUT2D eigenvalue weighted by atomic mass is 10.0. The smallest absolute Gasteiger partial charge is 0.243 e. The molecule has 194 valence electrons. The van der Waals surface area contributed by atoms with Gasteiger partial charge >= 0.3 is 0 Å². The molecular weight excluding hydrogens is 480 g/mol. The van der Waals surface area contributed by atoms with E-state index in [1.807, 2.05) is 85.8 Å². The minimum absolute atomic E-state index is 0.0594. The first kappa shape index (κ1) is 26.8. The summed E-state index contributed by atoms with van der Waals surface area (Å²) >= 11 is 1.50. The maximum atomic E-state index is 13.8. The highest BCUT2D eigenvalue weighted by Gasteiger charge is 2.32. The van der Waals surface area contributed by atoms with Crippen LogP contribution in [0.4, 0.5) is 0 Å². The Balaban J connectivity index is 1.61. The first-order valence-corrected chi connectivity index (χ1v) is 14.0. The van der Waals surface area contributed by atoms with E-state index in [4.69, 9.17) is 4.74 Å². The fourth-order valence-corrected chi connectivity index (χ4v) is 5.54. The Labute approximate surface area is 224 Å². The molecule has 0 radical (unpaired) electrons. The van der Waals surface area contributed by atoms with Gasteiger partial charge in [0.25, 0.3) is 0 Å². The van der Waals surface area contributed by atoms with Crippen molar-refractivity contribution in [1.82, 2.24) is 10.2 Å². The van der Waals surface area contributed by atoms with E-state index in [0.29, 0.717) is 13.0 Å². The first-order chi connectivity index (χ1) is 18.0. The van der Waals surface area contributed by atoms with Crippen molar-refractivity contribution < 1.29 is 14.3 Å². The van der Waals surface area contributed by atoms with Crippen LogP contribution in [0.5, 0.6) is 5.75 Å². The second kappa shape index (κ2) is 13.3. The summed E-state index contributed by atoms with van der Waals surface area (Å²) in [7, 11) is 1.63. The number of nitrogens with zero attached hydrogens (tertiary/aromatic N) is 1. The van der Waals surface area contributed by atoms with Crippen LogP contribution in [0.15, 0.2) is 83.8 Å². The molecule has 1 aliphatic carbocycles. The molecule has 0 aromatic heterocycles. The van der Waals surface area contributed by atoms with Crippen LogP contribution >= 0.6 is 11.8 Å². The minimum atomic E-state index is -0.611. The molecule has 1 N–H and O–H groups in total. The van der Waals surface area contributed by atoms with Gasteiger partial charge in [-0.25, -0.2) is 0 Å². The normalized spacial score (nSPS) is 14.2. The van der Waals surface area contributed by atoms with E-state index in [2.05, 4.69) is 5.32 Å². The molecule has 0 saturated heterocycles. The average Bonchev–Trinajstić information content (AvgIpc) is 3.44. The number of amides is 2. The van der Waals surface area contributed by atoms with Crippen LogP contribution in [0.1, 0.15) is 42.4 Å². The molecule has 0 bridgehead atoms. The number of ether oxygens (including phenoxy) is 1. The van der Waals surface area contributed by atoms with Crippen LogP contribution < -0.4 is 10.1 Å². The fourth-order valence-electron chi connectivity index (χ4n) is 4.75. The molecular formula is C31H36N2O3S. The van der Waals surface area contributed by atoms with Gasteiger partial charge < -0.3 is 15.0 Å². The number of aryl methyl sites for hydroxylation is 1. The Bertz CT molecular complexity index is 1160. The monoisotopic (exact) mass is 516 g/mol. The summed E-state index contributed by atoms with van der Waals surface area (Å²) in [5.74, 6) is 0.854. The Kier molecular flexibility index (Phi) is 9.66. The molecule has 4 rings (SSSR count). The lowest BCUT2D eigenvalue weighted by Crippen LogP contribution is -2.52. The molecule has 1 fully saturated rings. The topological polar surface area (TPSA) is 58.6 Å². The third kappa shape index (κ3) is 7.86. The quantitative estimate of drug-likeness (QED) is 0.328. The van der Waals surface area contributed by atoms with Gasteiger partial charge in [-0.15, -0.1) is 11.8 Å². The van der Waals surface area contributed by atoms with Crippen LogP contribution in [-0.2, 0) is 22.6 Å². The van der Waals surface area contributed by atoms with Crippen LogP contribution in [0, 0.1) is 6.92 Å². The zero-order chi connectivity index (χ0) is 26.0. The van der Waals surface area contributed by atoms with Crippen LogP contribution in [0.2, 0.25) is 0 Å². The summed E-state index contributed by atoms with van der Waals surface area (Å²) in [6, 6.07) is 25.4. The molecule has 1 saturated carbocycles. The van der Waals surface area contributed by atoms with E-state index in [-0.39, 0.29) is 23.6 Å². The largest absolute Gasteiger partial charge is 0.497 e. The standard InChI is InChI=1S/C31H36N2O3S/c1-23-15-17-28(18-16-23)37-22-30(34)33(21-25-11-8-14-27(19-25)36-2)29(20-24-9-4-3-5-10-24)31(35)32-26-12-6-7-13-26/h3-5,8-11,14-19,26,29H,6-7,12-13,20-22H2,1-2H3,(H,32,35)/t29-/m1/s1. The highest BCUT2D eigenvalue weighted by molar-refractivity contribution is 8.00. The Morgan fingerprint density at radius 1 is 0.973 bits per heavy atom. The number of carbonyl (C=O) groups excluding carboxylic acids is 2. The molecule has 0 unspecified atom stereocenters. The molecule has 0 heterocycles. The summed E-state index contributed by atoms with van der Waals surface area (Å²) in [6.45, 7) is 2.38. The number of rotatable bonds is 11. The van der Waals surface area contributed by atoms with E-state index in [0.717, 1.165) is 47.5 Å². The van der Waals surface area contributed by atoms with E-state index in [1.54, 1.807) is 12.0 Å². The second-order valence-electron chi connectivity index (χ2n) is 9.67. The molecule has 0 aliphatic heterocycles. The number of hydrogen-bond donors (Lipinski definition) is 1. The van der Waals surface area contributed by atoms with Crippen molar-refractivity contribution in [2.24, 2.45) is 0 Å². The molecule has 0 spiro atoms. The molecule has 5 nitrogen and oxygen atoms in total. The molecule has 2 amide bonds. The van der Waals surface area contributed by atoms with E-state index < -0.39 is 6.04 Å². The zero-order valence-corrected chi connectivity index (χ0v) is 22.5. The van der Waals surface area contributed by atoms with Crippen molar-refractivity contribution in [2.75, 3.05) is 12.9 Å². The predicted molar refractivity (Wildman–Crippen MR) is 150 cm³/mol. The van der Waals surface area contributed by atoms with Crippen molar-refractivity contribution >= 4 is 23.6 Å². The maximum absolute atomic E-state index is 13.8. The second-order valence-corrected chi connectivity index (χ2v) is 10.7. The van der Waals surface area contributed by atoms with Gasteiger partial charge in [-0.1, -0.05) is 73.0 Å². The minimum Gasteiger partial charge on any atom is -0.497 e. The maximum Gasteiger partial charge on any atom is 0.243 e. The fraction of sp³-hybridized carbons (Fsp3) is 0.355. The number of hydrogen-bond acceptors (Lipinski definition) is 4. The first-order valence-electron chi connectivity index (χ1n) is 13.0. The molecule has 3 aromatic rings. The van der Waals surface area contributed by atoms with Crippen molar-refractivity contribution in [1.29, 1.82) is 0 Å². The SMILES string of the molecule is COc1cccc(CN(C(=O)CSc2ccc(C)cc2)[C@H](Cc2ccccc2)C(=O)NC2CCCC2)c1. The summed E-state index contributed by atoms with van der Waals surface area (Å²) in [5, 5.41) is 3.26. The Morgan fingerprint density at radius 2 is 1.68 bits per heavy atom. The van der Waals surface area contributed by atoms with Crippen LogP contribution in [-0.4, -0.2) is 41.7 Å². The lowest BCUT2D eigenvalue weighted by Gasteiger charge is -2.32. The molecule has 3 aromatic carbocycles. The number of thioether (sulfide) groups is 1. The van der Waals surface area contributed by atoms with Gasteiger partial charge in [-0.2, -0.15) is 0 Å². The van der Waals surface area contributed by atoms with Crippen LogP contribution in [0.25, 0.3) is 0 Å². The van der Waals surface area contributed by atoms with Gasteiger partial charge in [0.15, 0.2) is 0 Å². The predicted octanol–water partition coefficient (Wildman–Crippen LogP) is 5.79. The third-order valence-electron chi connectivity index (χ3n) is 6.84. The summed E-state index contributed by atoms with van der Waals surface area (Å²) in [5.41, 5.74) is 3.14. The van der Waals surface area contributed by atoms with Gasteiger partial charge in [-0.3, -0.25) is 9.59 Å². The number of methoxy groups -OCH3 is 1. The van der Waals surface area contributed by atoms with E-state index >= 15 is 0 Å². The van der Waals surface area contributed by atoms with Gasteiger partial charge in [-0.05, 0) is 55.2 Å². The number of benzene rings is 3. The summed E-state index contributed by atoms with van der Waals surface area (Å²) in [6.07, 6.45) is 4.72. The van der Waals surface area contributed by atoms with Gasteiger partial charge in [0.2, 0.25) is 11.8 Å². The van der Waals surface area contributed by atoms with Crippen molar-refractivity contribution in [3.8, 4) is 5.75 Å². The Hall–Kier alpha value is -3.25. The summed E-state index contributed by atoms with van der Waals surface area (Å²) < 4.78 is 5.42. The van der Waals surface area contributed by atoms with E-state index in [1.165, 1.54) is 17.3 Å². The Morgan fingerprint density at radius 3 is 2.38 bits per heavy atom. The van der Waals surface area contributed by atoms with Crippen molar-refractivity contribution in [3.05, 3.63) is 95.6 Å². The van der Waals surface area contributed by atoms with Gasteiger partial charge in [0.05, 0.1) is 12.9 Å². The van der Waals surface area contributed by atoms with Crippen LogP contribution in [0.3, 0.4) is 0 Å². The molecule has 6 heteroatoms. The van der Waals surface area contributed by atoms with Crippen molar-refractivity contribution in [3.63, 3.8) is 0 Å². The lowest BCUT2D eigenvalue weighted by molar-refractivity contribution is -0.139. The average molecular weight is 517 g/mol. The highest BCUT2D eigenvalue weighted by atomic mass is 32.2.